The maximum Gasteiger partial charge on any atom is 0.354 e. The SMILES string of the molecule is CCn1c2ccc(C(=O)c3ccccc3C)cc2c2cc(C(C)=NOC(=O)C(C)(CC3CCCO3)N3CCOCC3)ccc21. The van der Waals surface area contributed by atoms with Gasteiger partial charge in [0, 0.05) is 65.6 Å². The molecule has 2 aliphatic heterocycles. The van der Waals surface area contributed by atoms with Crippen molar-refractivity contribution in [1.29, 1.82) is 0 Å². The lowest BCUT2D eigenvalue weighted by Gasteiger charge is -2.41. The first-order chi connectivity index (χ1) is 21.3. The number of aromatic nitrogens is 1. The first-order valence-corrected chi connectivity index (χ1v) is 15.7. The third kappa shape index (κ3) is 5.70. The molecule has 230 valence electrons. The van der Waals surface area contributed by atoms with Crippen molar-refractivity contribution < 1.29 is 23.9 Å². The van der Waals surface area contributed by atoms with Crippen LogP contribution >= 0.6 is 0 Å². The van der Waals surface area contributed by atoms with Crippen molar-refractivity contribution >= 4 is 39.3 Å². The molecule has 0 amide bonds. The molecule has 2 atom stereocenters. The molecular formula is C36H41N3O5. The molecule has 0 radical (unpaired) electrons. The molecule has 0 aliphatic carbocycles. The van der Waals surface area contributed by atoms with E-state index in [0.29, 0.717) is 49.6 Å². The molecule has 0 bridgehead atoms. The van der Waals surface area contributed by atoms with Crippen molar-refractivity contribution in [3.63, 3.8) is 0 Å². The van der Waals surface area contributed by atoms with E-state index in [1.807, 2.05) is 69.3 Å². The second-order valence-electron chi connectivity index (χ2n) is 12.1. The Morgan fingerprint density at radius 3 is 2.32 bits per heavy atom. The van der Waals surface area contributed by atoms with E-state index in [1.54, 1.807) is 0 Å². The fourth-order valence-electron chi connectivity index (χ4n) is 6.70. The molecule has 2 fully saturated rings. The van der Waals surface area contributed by atoms with Gasteiger partial charge in [-0.2, -0.15) is 0 Å². The van der Waals surface area contributed by atoms with Crippen LogP contribution in [0.3, 0.4) is 0 Å². The Morgan fingerprint density at radius 1 is 0.977 bits per heavy atom. The van der Waals surface area contributed by atoms with Gasteiger partial charge in [-0.15, -0.1) is 0 Å². The highest BCUT2D eigenvalue weighted by atomic mass is 16.7. The second kappa shape index (κ2) is 12.6. The smallest absolute Gasteiger partial charge is 0.354 e. The van der Waals surface area contributed by atoms with Crippen LogP contribution in [0, 0.1) is 6.92 Å². The fraction of sp³-hybridized carbons (Fsp3) is 0.417. The highest BCUT2D eigenvalue weighted by Crippen LogP contribution is 2.33. The number of fused-ring (bicyclic) bond motifs is 3. The van der Waals surface area contributed by atoms with E-state index in [4.69, 9.17) is 14.3 Å². The summed E-state index contributed by atoms with van der Waals surface area (Å²) in [6.45, 7) is 11.9. The van der Waals surface area contributed by atoms with Crippen LogP contribution < -0.4 is 0 Å². The summed E-state index contributed by atoms with van der Waals surface area (Å²) in [5, 5.41) is 6.37. The normalized spacial score (nSPS) is 19.4. The predicted molar refractivity (Wildman–Crippen MR) is 172 cm³/mol. The summed E-state index contributed by atoms with van der Waals surface area (Å²) in [7, 11) is 0. The molecular weight excluding hydrogens is 554 g/mol. The second-order valence-corrected chi connectivity index (χ2v) is 12.1. The summed E-state index contributed by atoms with van der Waals surface area (Å²) in [6, 6.07) is 19.8. The van der Waals surface area contributed by atoms with E-state index in [9.17, 15) is 9.59 Å². The molecule has 0 spiro atoms. The number of carbonyl (C=O) groups is 2. The third-order valence-electron chi connectivity index (χ3n) is 9.31. The summed E-state index contributed by atoms with van der Waals surface area (Å²) in [5.41, 5.74) is 5.05. The van der Waals surface area contributed by atoms with Gasteiger partial charge >= 0.3 is 5.97 Å². The Hall–Kier alpha value is -3.85. The van der Waals surface area contributed by atoms with Gasteiger partial charge in [-0.05, 0) is 82.0 Å². The van der Waals surface area contributed by atoms with Crippen LogP contribution in [0.4, 0.5) is 0 Å². The molecule has 2 saturated heterocycles. The summed E-state index contributed by atoms with van der Waals surface area (Å²) < 4.78 is 13.7. The van der Waals surface area contributed by atoms with E-state index in [1.165, 1.54) is 0 Å². The van der Waals surface area contributed by atoms with Gasteiger partial charge in [0.25, 0.3) is 0 Å². The number of hydrogen-bond acceptors (Lipinski definition) is 7. The summed E-state index contributed by atoms with van der Waals surface area (Å²) >= 11 is 0. The van der Waals surface area contributed by atoms with Gasteiger partial charge in [0.2, 0.25) is 0 Å². The minimum atomic E-state index is -0.860. The molecule has 8 heteroatoms. The molecule has 44 heavy (non-hydrogen) atoms. The Kier molecular flexibility index (Phi) is 8.67. The molecule has 4 aromatic rings. The Morgan fingerprint density at radius 2 is 1.66 bits per heavy atom. The van der Waals surface area contributed by atoms with Crippen LogP contribution in [0.1, 0.15) is 67.1 Å². The number of morpholine rings is 1. The third-order valence-corrected chi connectivity index (χ3v) is 9.31. The van der Waals surface area contributed by atoms with E-state index in [0.717, 1.165) is 58.9 Å². The fourth-order valence-corrected chi connectivity index (χ4v) is 6.70. The van der Waals surface area contributed by atoms with Crippen LogP contribution in [0.2, 0.25) is 0 Å². The van der Waals surface area contributed by atoms with E-state index < -0.39 is 5.54 Å². The molecule has 8 nitrogen and oxygen atoms in total. The van der Waals surface area contributed by atoms with Crippen molar-refractivity contribution in [1.82, 2.24) is 9.47 Å². The first kappa shape index (κ1) is 30.2. The largest absolute Gasteiger partial charge is 0.379 e. The summed E-state index contributed by atoms with van der Waals surface area (Å²) in [5.74, 6) is -0.369. The minimum Gasteiger partial charge on any atom is -0.379 e. The zero-order chi connectivity index (χ0) is 30.8. The van der Waals surface area contributed by atoms with E-state index >= 15 is 0 Å². The minimum absolute atomic E-state index is 0.00882. The van der Waals surface area contributed by atoms with Gasteiger partial charge in [-0.25, -0.2) is 4.79 Å². The number of ether oxygens (including phenoxy) is 2. The molecule has 6 rings (SSSR count). The number of ketones is 1. The average Bonchev–Trinajstić information content (AvgIpc) is 3.68. The van der Waals surface area contributed by atoms with Crippen molar-refractivity contribution in [3.05, 3.63) is 82.9 Å². The molecule has 0 N–H and O–H groups in total. The van der Waals surface area contributed by atoms with Crippen LogP contribution in [0.15, 0.2) is 65.8 Å². The quantitative estimate of drug-likeness (QED) is 0.0981. The number of nitrogens with zero attached hydrogens (tertiary/aromatic N) is 3. The molecule has 1 aromatic heterocycles. The van der Waals surface area contributed by atoms with Gasteiger partial charge in [0.05, 0.1) is 25.0 Å². The van der Waals surface area contributed by atoms with Crippen molar-refractivity contribution in [2.24, 2.45) is 5.16 Å². The lowest BCUT2D eigenvalue weighted by atomic mass is 9.90. The molecule has 3 aromatic carbocycles. The van der Waals surface area contributed by atoms with Crippen LogP contribution in [0.25, 0.3) is 21.8 Å². The van der Waals surface area contributed by atoms with Crippen molar-refractivity contribution in [2.45, 2.75) is 65.1 Å². The number of carbonyl (C=O) groups excluding carboxylic acids is 2. The monoisotopic (exact) mass is 595 g/mol. The number of aryl methyl sites for hydroxylation is 2. The number of benzene rings is 3. The maximum absolute atomic E-state index is 13.7. The van der Waals surface area contributed by atoms with Gasteiger partial charge in [-0.3, -0.25) is 9.69 Å². The maximum atomic E-state index is 13.7. The predicted octanol–water partition coefficient (Wildman–Crippen LogP) is 6.28. The summed E-state index contributed by atoms with van der Waals surface area (Å²) in [4.78, 5) is 34.9. The van der Waals surface area contributed by atoms with Gasteiger partial charge in [-0.1, -0.05) is 35.5 Å². The standard InChI is InChI=1S/C36H41N3O5/c1-5-39-32-14-12-26(21-30(32)31-22-27(13-15-33(31)39)34(40)29-11-7-6-9-24(29)2)25(3)37-44-35(41)36(4,23-28-10-8-18-43-28)38-16-19-42-20-17-38/h6-7,9,11-15,21-22,28H,5,8,10,16-20,23H2,1-4H3. The average molecular weight is 596 g/mol. The molecule has 2 unspecified atom stereocenters. The van der Waals surface area contributed by atoms with E-state index in [2.05, 4.69) is 33.7 Å². The van der Waals surface area contributed by atoms with Gasteiger partial charge in [0.15, 0.2) is 5.78 Å². The lowest BCUT2D eigenvalue weighted by molar-refractivity contribution is -0.163. The Labute approximate surface area is 258 Å². The van der Waals surface area contributed by atoms with Crippen LogP contribution in [0.5, 0.6) is 0 Å². The topological polar surface area (TPSA) is 82.4 Å². The zero-order valence-electron chi connectivity index (χ0n) is 26.1. The van der Waals surface area contributed by atoms with E-state index in [-0.39, 0.29) is 17.9 Å². The lowest BCUT2D eigenvalue weighted by Crippen LogP contribution is -2.58. The Balaban J connectivity index is 1.31. The number of oxime groups is 1. The van der Waals surface area contributed by atoms with Gasteiger partial charge < -0.3 is 18.9 Å². The number of hydrogen-bond donors (Lipinski definition) is 0. The van der Waals surface area contributed by atoms with Crippen molar-refractivity contribution in [2.75, 3.05) is 32.9 Å². The zero-order valence-corrected chi connectivity index (χ0v) is 26.1. The molecule has 0 saturated carbocycles. The Bertz CT molecular complexity index is 1730. The van der Waals surface area contributed by atoms with Crippen molar-refractivity contribution in [3.8, 4) is 0 Å². The highest BCUT2D eigenvalue weighted by Gasteiger charge is 2.44. The molecule has 3 heterocycles. The first-order valence-electron chi connectivity index (χ1n) is 15.7. The van der Waals surface area contributed by atoms with Crippen LogP contribution in [-0.4, -0.2) is 71.5 Å². The van der Waals surface area contributed by atoms with Crippen LogP contribution in [-0.2, 0) is 25.7 Å². The molecule has 2 aliphatic rings. The highest BCUT2D eigenvalue weighted by molar-refractivity contribution is 6.16. The number of rotatable bonds is 9. The summed E-state index contributed by atoms with van der Waals surface area (Å²) in [6.07, 6.45) is 2.54. The van der Waals surface area contributed by atoms with Gasteiger partial charge in [0.1, 0.15) is 5.54 Å².